The van der Waals surface area contributed by atoms with E-state index in [0.717, 1.165) is 6.42 Å². The molecule has 0 bridgehead atoms. The number of carbonyl (C=O) groups excluding carboxylic acids is 1. The lowest BCUT2D eigenvalue weighted by molar-refractivity contribution is -0.128. The van der Waals surface area contributed by atoms with E-state index in [1.165, 1.54) is 0 Å². The third kappa shape index (κ3) is 4.20. The van der Waals surface area contributed by atoms with Crippen LogP contribution in [0.3, 0.4) is 0 Å². The number of carbonyl (C=O) groups is 1. The molecule has 3 heteroatoms. The lowest BCUT2D eigenvalue weighted by Crippen LogP contribution is -2.40. The van der Waals surface area contributed by atoms with Crippen LogP contribution in [0.25, 0.3) is 0 Å². The summed E-state index contributed by atoms with van der Waals surface area (Å²) < 4.78 is 0. The van der Waals surface area contributed by atoms with Crippen molar-refractivity contribution in [1.82, 2.24) is 5.32 Å². The second-order valence-electron chi connectivity index (χ2n) is 4.75. The van der Waals surface area contributed by atoms with Crippen molar-refractivity contribution in [3.63, 3.8) is 0 Å². The molecular weight excluding hydrogens is 178 g/mol. The Morgan fingerprint density at radius 1 is 1.43 bits per heavy atom. The molecule has 2 N–H and O–H groups in total. The highest BCUT2D eigenvalue weighted by Crippen LogP contribution is 2.19. The Morgan fingerprint density at radius 2 is 1.93 bits per heavy atom. The molecule has 0 spiro atoms. The average molecular weight is 201 g/mol. The molecule has 0 heterocycles. The van der Waals surface area contributed by atoms with Crippen LogP contribution in [0.2, 0.25) is 0 Å². The third-order valence-corrected chi connectivity index (χ3v) is 2.51. The van der Waals surface area contributed by atoms with Gasteiger partial charge in [-0.25, -0.2) is 0 Å². The van der Waals surface area contributed by atoms with Crippen LogP contribution in [0.4, 0.5) is 0 Å². The van der Waals surface area contributed by atoms with Gasteiger partial charge in [-0.2, -0.15) is 0 Å². The van der Waals surface area contributed by atoms with Gasteiger partial charge >= 0.3 is 0 Å². The van der Waals surface area contributed by atoms with Crippen LogP contribution < -0.4 is 5.32 Å². The number of ketones is 1. The lowest BCUT2D eigenvalue weighted by Gasteiger charge is -2.24. The molecule has 0 fully saturated rings. The summed E-state index contributed by atoms with van der Waals surface area (Å²) in [4.78, 5) is 11.6. The molecule has 0 aliphatic heterocycles. The first-order valence-corrected chi connectivity index (χ1v) is 5.21. The van der Waals surface area contributed by atoms with Gasteiger partial charge in [0.05, 0.1) is 6.10 Å². The number of Topliss-reactive ketones (excluding diaryl/α,β-unsaturated/α-hetero) is 1. The highest BCUT2D eigenvalue weighted by Gasteiger charge is 2.26. The maximum Gasteiger partial charge on any atom is 0.140 e. The topological polar surface area (TPSA) is 49.3 Å². The van der Waals surface area contributed by atoms with E-state index in [0.29, 0.717) is 0 Å². The summed E-state index contributed by atoms with van der Waals surface area (Å²) in [6.07, 6.45) is 0.495. The van der Waals surface area contributed by atoms with E-state index in [-0.39, 0.29) is 23.7 Å². The number of hydrogen-bond donors (Lipinski definition) is 2. The summed E-state index contributed by atoms with van der Waals surface area (Å²) in [7, 11) is 1.80. The Balaban J connectivity index is 4.18. The van der Waals surface area contributed by atoms with Gasteiger partial charge in [-0.05, 0) is 13.5 Å². The molecule has 0 rings (SSSR count). The van der Waals surface area contributed by atoms with Gasteiger partial charge in [0.1, 0.15) is 5.78 Å². The predicted molar refractivity (Wildman–Crippen MR) is 58.2 cm³/mol. The summed E-state index contributed by atoms with van der Waals surface area (Å²) >= 11 is 0. The Kier molecular flexibility index (Phi) is 5.31. The van der Waals surface area contributed by atoms with Gasteiger partial charge in [0.25, 0.3) is 0 Å². The largest absolute Gasteiger partial charge is 0.391 e. The highest BCUT2D eigenvalue weighted by molar-refractivity contribution is 5.84. The minimum absolute atomic E-state index is 0.0151. The van der Waals surface area contributed by atoms with Gasteiger partial charge in [0.15, 0.2) is 0 Å². The molecule has 14 heavy (non-hydrogen) atoms. The first-order chi connectivity index (χ1) is 6.32. The predicted octanol–water partition coefficient (Wildman–Crippen LogP) is 1.35. The highest BCUT2D eigenvalue weighted by atomic mass is 16.3. The number of aliphatic hydroxyl groups is 1. The second kappa shape index (κ2) is 5.47. The van der Waals surface area contributed by atoms with Crippen LogP contribution in [-0.2, 0) is 4.79 Å². The SMILES string of the molecule is CCC(NC)C(O)CC(=O)C(C)(C)C. The molecule has 2 atom stereocenters. The molecule has 2 unspecified atom stereocenters. The van der Waals surface area contributed by atoms with Crippen molar-refractivity contribution in [3.8, 4) is 0 Å². The lowest BCUT2D eigenvalue weighted by atomic mass is 9.86. The molecule has 0 aliphatic rings. The summed E-state index contributed by atoms with van der Waals surface area (Å²) in [6.45, 7) is 7.62. The molecule has 0 saturated heterocycles. The van der Waals surface area contributed by atoms with E-state index in [9.17, 15) is 9.90 Å². The van der Waals surface area contributed by atoms with Crippen molar-refractivity contribution in [2.24, 2.45) is 5.41 Å². The second-order valence-corrected chi connectivity index (χ2v) is 4.75. The van der Waals surface area contributed by atoms with Gasteiger partial charge in [-0.1, -0.05) is 27.7 Å². The quantitative estimate of drug-likeness (QED) is 0.706. The molecule has 0 aromatic heterocycles. The van der Waals surface area contributed by atoms with E-state index < -0.39 is 6.10 Å². The van der Waals surface area contributed by atoms with Crippen LogP contribution in [0.5, 0.6) is 0 Å². The van der Waals surface area contributed by atoms with Gasteiger partial charge in [-0.3, -0.25) is 4.79 Å². The van der Waals surface area contributed by atoms with Gasteiger partial charge in [0.2, 0.25) is 0 Å². The van der Waals surface area contributed by atoms with Gasteiger partial charge < -0.3 is 10.4 Å². The molecule has 84 valence electrons. The fraction of sp³-hybridized carbons (Fsp3) is 0.909. The number of rotatable bonds is 5. The van der Waals surface area contributed by atoms with E-state index in [2.05, 4.69) is 5.32 Å². The van der Waals surface area contributed by atoms with Crippen molar-refractivity contribution in [2.45, 2.75) is 52.7 Å². The number of likely N-dealkylation sites (N-methyl/N-ethyl adjacent to an activating group) is 1. The monoisotopic (exact) mass is 201 g/mol. The van der Waals surface area contributed by atoms with Crippen molar-refractivity contribution in [3.05, 3.63) is 0 Å². The molecule has 0 saturated carbocycles. The summed E-state index contributed by atoms with van der Waals surface area (Å²) in [6, 6.07) is 0.0151. The van der Waals surface area contributed by atoms with E-state index in [4.69, 9.17) is 0 Å². The van der Waals surface area contributed by atoms with Crippen LogP contribution in [0, 0.1) is 5.41 Å². The van der Waals surface area contributed by atoms with Crippen molar-refractivity contribution in [1.29, 1.82) is 0 Å². The van der Waals surface area contributed by atoms with Gasteiger partial charge in [0, 0.05) is 17.9 Å². The summed E-state index contributed by atoms with van der Waals surface area (Å²) in [5.74, 6) is 0.110. The molecule has 0 amide bonds. The fourth-order valence-corrected chi connectivity index (χ4v) is 1.31. The average Bonchev–Trinajstić information content (AvgIpc) is 2.04. The van der Waals surface area contributed by atoms with Crippen LogP contribution in [0.1, 0.15) is 40.5 Å². The Hall–Kier alpha value is -0.410. The normalized spacial score (nSPS) is 16.4. The molecule has 0 radical (unpaired) electrons. The zero-order valence-corrected chi connectivity index (χ0v) is 9.92. The fourth-order valence-electron chi connectivity index (χ4n) is 1.31. The molecule has 0 aliphatic carbocycles. The summed E-state index contributed by atoms with van der Waals surface area (Å²) in [5, 5.41) is 12.8. The number of nitrogens with one attached hydrogen (secondary N) is 1. The van der Waals surface area contributed by atoms with Crippen molar-refractivity contribution >= 4 is 5.78 Å². The smallest absolute Gasteiger partial charge is 0.140 e. The Labute approximate surface area is 86.9 Å². The molecule has 0 aromatic rings. The maximum atomic E-state index is 11.6. The van der Waals surface area contributed by atoms with Crippen molar-refractivity contribution < 1.29 is 9.90 Å². The zero-order chi connectivity index (χ0) is 11.4. The number of hydrogen-bond acceptors (Lipinski definition) is 3. The first kappa shape index (κ1) is 13.6. The zero-order valence-electron chi connectivity index (χ0n) is 9.92. The number of aliphatic hydroxyl groups excluding tert-OH is 1. The third-order valence-electron chi connectivity index (χ3n) is 2.51. The molecular formula is C11H23NO2. The van der Waals surface area contributed by atoms with Crippen LogP contribution in [0.15, 0.2) is 0 Å². The van der Waals surface area contributed by atoms with E-state index in [1.54, 1.807) is 7.05 Å². The standard InChI is InChI=1S/C11H23NO2/c1-6-8(12-5)9(13)7-10(14)11(2,3)4/h8-9,12-13H,6-7H2,1-5H3. The Bertz CT molecular complexity index is 180. The van der Waals surface area contributed by atoms with Crippen LogP contribution in [-0.4, -0.2) is 30.1 Å². The minimum Gasteiger partial charge on any atom is -0.391 e. The summed E-state index contributed by atoms with van der Waals surface area (Å²) in [5.41, 5.74) is -0.354. The first-order valence-electron chi connectivity index (χ1n) is 5.21. The van der Waals surface area contributed by atoms with E-state index in [1.807, 2.05) is 27.7 Å². The van der Waals surface area contributed by atoms with Crippen molar-refractivity contribution in [2.75, 3.05) is 7.05 Å². The van der Waals surface area contributed by atoms with Gasteiger partial charge in [-0.15, -0.1) is 0 Å². The maximum absolute atomic E-state index is 11.6. The van der Waals surface area contributed by atoms with E-state index >= 15 is 0 Å². The molecule has 3 nitrogen and oxygen atoms in total. The Morgan fingerprint density at radius 3 is 2.21 bits per heavy atom. The minimum atomic E-state index is -0.572. The van der Waals surface area contributed by atoms with Crippen LogP contribution >= 0.6 is 0 Å². The molecule has 0 aromatic carbocycles.